The predicted octanol–water partition coefficient (Wildman–Crippen LogP) is 4.21. The van der Waals surface area contributed by atoms with Gasteiger partial charge in [-0.3, -0.25) is 14.6 Å². The lowest BCUT2D eigenvalue weighted by atomic mass is 10.1. The first-order chi connectivity index (χ1) is 16.5. The average Bonchev–Trinajstić information content (AvgIpc) is 3.00. The molecule has 1 N–H and O–H groups in total. The van der Waals surface area contributed by atoms with Gasteiger partial charge < -0.3 is 24.4 Å². The molecule has 0 aliphatic carbocycles. The number of rotatable bonds is 7. The highest BCUT2D eigenvalue weighted by atomic mass is 16.5. The Morgan fingerprint density at radius 2 is 1.59 bits per heavy atom. The SMILES string of the molecule is COc1cc(NC(=O)CN2C(=O)CC(c3ccccc3)=Nc3ccccc32)cc(OC)c1OC. The lowest BCUT2D eigenvalue weighted by Gasteiger charge is -2.22. The number of nitrogens with zero attached hydrogens (tertiary/aromatic N) is 2. The van der Waals surface area contributed by atoms with Crippen molar-refractivity contribution in [3.63, 3.8) is 0 Å². The van der Waals surface area contributed by atoms with Crippen LogP contribution in [0, 0.1) is 0 Å². The average molecular weight is 460 g/mol. The number of ether oxygens (including phenoxy) is 3. The topological polar surface area (TPSA) is 89.5 Å². The van der Waals surface area contributed by atoms with E-state index in [0.29, 0.717) is 40.0 Å². The first kappa shape index (κ1) is 22.8. The van der Waals surface area contributed by atoms with Crippen LogP contribution in [0.5, 0.6) is 17.2 Å². The van der Waals surface area contributed by atoms with Gasteiger partial charge in [0.05, 0.1) is 44.8 Å². The number of hydrogen-bond acceptors (Lipinski definition) is 6. The molecule has 8 heteroatoms. The smallest absolute Gasteiger partial charge is 0.244 e. The molecule has 8 nitrogen and oxygen atoms in total. The Balaban J connectivity index is 1.59. The summed E-state index contributed by atoms with van der Waals surface area (Å²) in [4.78, 5) is 32.4. The largest absolute Gasteiger partial charge is 0.493 e. The van der Waals surface area contributed by atoms with Gasteiger partial charge in [-0.05, 0) is 17.7 Å². The van der Waals surface area contributed by atoms with Crippen LogP contribution in [-0.4, -0.2) is 45.4 Å². The number of fused-ring (bicyclic) bond motifs is 1. The van der Waals surface area contributed by atoms with Crippen molar-refractivity contribution in [2.45, 2.75) is 6.42 Å². The molecule has 2 amide bonds. The summed E-state index contributed by atoms with van der Waals surface area (Å²) in [5.74, 6) is 0.655. The number of nitrogens with one attached hydrogen (secondary N) is 1. The molecule has 34 heavy (non-hydrogen) atoms. The second kappa shape index (κ2) is 10.1. The van der Waals surface area contributed by atoms with E-state index in [9.17, 15) is 9.59 Å². The third-order valence-corrected chi connectivity index (χ3v) is 5.40. The van der Waals surface area contributed by atoms with Gasteiger partial charge in [-0.1, -0.05) is 42.5 Å². The molecular weight excluding hydrogens is 434 g/mol. The van der Waals surface area contributed by atoms with Crippen LogP contribution in [0.3, 0.4) is 0 Å². The van der Waals surface area contributed by atoms with Gasteiger partial charge in [-0.25, -0.2) is 0 Å². The zero-order valence-corrected chi connectivity index (χ0v) is 19.2. The Kier molecular flexibility index (Phi) is 6.77. The summed E-state index contributed by atoms with van der Waals surface area (Å²) in [6.45, 7) is -0.176. The van der Waals surface area contributed by atoms with Gasteiger partial charge in [0.25, 0.3) is 0 Å². The zero-order chi connectivity index (χ0) is 24.1. The highest BCUT2D eigenvalue weighted by molar-refractivity contribution is 6.19. The second-order valence-corrected chi connectivity index (χ2v) is 7.53. The number of para-hydroxylation sites is 2. The molecule has 0 aromatic heterocycles. The first-order valence-corrected chi connectivity index (χ1v) is 10.7. The van der Waals surface area contributed by atoms with Gasteiger partial charge in [0.2, 0.25) is 17.6 Å². The number of benzene rings is 3. The first-order valence-electron chi connectivity index (χ1n) is 10.7. The van der Waals surface area contributed by atoms with Crippen molar-refractivity contribution in [3.05, 3.63) is 72.3 Å². The van der Waals surface area contributed by atoms with E-state index < -0.39 is 0 Å². The molecule has 0 saturated heterocycles. The van der Waals surface area contributed by atoms with Crippen molar-refractivity contribution >= 4 is 34.6 Å². The normalized spacial score (nSPS) is 12.9. The van der Waals surface area contributed by atoms with E-state index in [-0.39, 0.29) is 24.8 Å². The maximum atomic E-state index is 13.2. The molecule has 3 aromatic rings. The Morgan fingerprint density at radius 1 is 0.941 bits per heavy atom. The molecule has 0 atom stereocenters. The minimum absolute atomic E-state index is 0.0795. The Labute approximate surface area is 197 Å². The van der Waals surface area contributed by atoms with E-state index in [2.05, 4.69) is 5.32 Å². The summed E-state index contributed by atoms with van der Waals surface area (Å²) in [7, 11) is 4.51. The summed E-state index contributed by atoms with van der Waals surface area (Å²) in [5.41, 5.74) is 3.20. The van der Waals surface area contributed by atoms with Crippen LogP contribution in [0.4, 0.5) is 17.1 Å². The molecule has 1 heterocycles. The summed E-state index contributed by atoms with van der Waals surface area (Å²) < 4.78 is 16.0. The molecule has 0 spiro atoms. The van der Waals surface area contributed by atoms with Crippen molar-refractivity contribution in [2.24, 2.45) is 4.99 Å². The maximum absolute atomic E-state index is 13.2. The van der Waals surface area contributed by atoms with E-state index in [4.69, 9.17) is 19.2 Å². The monoisotopic (exact) mass is 459 g/mol. The van der Waals surface area contributed by atoms with Crippen LogP contribution in [-0.2, 0) is 9.59 Å². The second-order valence-electron chi connectivity index (χ2n) is 7.53. The van der Waals surface area contributed by atoms with Crippen molar-refractivity contribution < 1.29 is 23.8 Å². The van der Waals surface area contributed by atoms with Crippen molar-refractivity contribution in [3.8, 4) is 17.2 Å². The summed E-state index contributed by atoms with van der Waals surface area (Å²) in [6, 6.07) is 20.1. The van der Waals surface area contributed by atoms with Gasteiger partial charge >= 0.3 is 0 Å². The van der Waals surface area contributed by atoms with Crippen LogP contribution in [0.2, 0.25) is 0 Å². The maximum Gasteiger partial charge on any atom is 0.244 e. The van der Waals surface area contributed by atoms with Gasteiger partial charge in [-0.2, -0.15) is 0 Å². The fourth-order valence-electron chi connectivity index (χ4n) is 3.81. The molecule has 0 bridgehead atoms. The van der Waals surface area contributed by atoms with E-state index >= 15 is 0 Å². The Hall–Kier alpha value is -4.33. The number of hydrogen-bond donors (Lipinski definition) is 1. The van der Waals surface area contributed by atoms with Crippen LogP contribution in [0.1, 0.15) is 12.0 Å². The third kappa shape index (κ3) is 4.71. The number of anilines is 2. The number of aliphatic imine (C=N–C) groups is 1. The van der Waals surface area contributed by atoms with Crippen molar-refractivity contribution in [1.29, 1.82) is 0 Å². The summed E-state index contributed by atoms with van der Waals surface area (Å²) >= 11 is 0. The molecule has 1 aliphatic heterocycles. The van der Waals surface area contributed by atoms with Crippen molar-refractivity contribution in [2.75, 3.05) is 38.1 Å². The molecule has 4 rings (SSSR count). The van der Waals surface area contributed by atoms with Gasteiger partial charge in [0.15, 0.2) is 11.5 Å². The number of methoxy groups -OCH3 is 3. The van der Waals surface area contributed by atoms with Gasteiger partial charge in [0.1, 0.15) is 6.54 Å². The minimum atomic E-state index is -0.374. The van der Waals surface area contributed by atoms with Crippen LogP contribution < -0.4 is 24.4 Å². The Bertz CT molecular complexity index is 1220. The van der Waals surface area contributed by atoms with Crippen LogP contribution in [0.15, 0.2) is 71.7 Å². The quantitative estimate of drug-likeness (QED) is 0.572. The zero-order valence-electron chi connectivity index (χ0n) is 19.2. The van der Waals surface area contributed by atoms with Gasteiger partial charge in [-0.15, -0.1) is 0 Å². The summed E-state index contributed by atoms with van der Waals surface area (Å²) in [5, 5.41) is 2.82. The highest BCUT2D eigenvalue weighted by Crippen LogP contribution is 2.40. The predicted molar refractivity (Wildman–Crippen MR) is 131 cm³/mol. The van der Waals surface area contributed by atoms with E-state index in [1.54, 1.807) is 18.2 Å². The van der Waals surface area contributed by atoms with E-state index in [1.165, 1.54) is 26.2 Å². The molecule has 0 saturated carbocycles. The molecule has 0 unspecified atom stereocenters. The summed E-state index contributed by atoms with van der Waals surface area (Å²) in [6.07, 6.45) is 0.0795. The number of amides is 2. The fraction of sp³-hybridized carbons (Fsp3) is 0.192. The highest BCUT2D eigenvalue weighted by Gasteiger charge is 2.27. The molecule has 3 aromatic carbocycles. The lowest BCUT2D eigenvalue weighted by molar-refractivity contribution is -0.120. The fourth-order valence-corrected chi connectivity index (χ4v) is 3.81. The van der Waals surface area contributed by atoms with E-state index in [1.807, 2.05) is 48.5 Å². The molecule has 1 aliphatic rings. The Morgan fingerprint density at radius 3 is 2.24 bits per heavy atom. The molecule has 174 valence electrons. The number of carbonyl (C=O) groups is 2. The number of carbonyl (C=O) groups excluding carboxylic acids is 2. The minimum Gasteiger partial charge on any atom is -0.493 e. The molecular formula is C26H25N3O5. The lowest BCUT2D eigenvalue weighted by Crippen LogP contribution is -2.38. The van der Waals surface area contributed by atoms with Crippen LogP contribution in [0.25, 0.3) is 0 Å². The standard InChI is InChI=1S/C26H25N3O5/c1-32-22-13-18(14-23(33-2)26(22)34-3)27-24(30)16-29-21-12-8-7-11-19(21)28-20(15-25(29)31)17-9-5-4-6-10-17/h4-14H,15-16H2,1-3H3,(H,27,30). The van der Waals surface area contributed by atoms with E-state index in [0.717, 1.165) is 5.56 Å². The molecule has 0 radical (unpaired) electrons. The molecule has 0 fully saturated rings. The van der Waals surface area contributed by atoms with Crippen molar-refractivity contribution in [1.82, 2.24) is 0 Å². The van der Waals surface area contributed by atoms with Gasteiger partial charge in [0, 0.05) is 17.8 Å². The third-order valence-electron chi connectivity index (χ3n) is 5.40. The van der Waals surface area contributed by atoms with Crippen LogP contribution >= 0.6 is 0 Å².